The molecule has 1 aromatic carbocycles. The molecule has 136 valence electrons. The van der Waals surface area contributed by atoms with E-state index in [4.69, 9.17) is 14.2 Å². The van der Waals surface area contributed by atoms with Gasteiger partial charge in [0.15, 0.2) is 0 Å². The number of esters is 1. The normalized spacial score (nSPS) is 10.6. The maximum absolute atomic E-state index is 12.1. The molecule has 0 unspecified atom stereocenters. The van der Waals surface area contributed by atoms with E-state index in [0.717, 1.165) is 17.8 Å². The van der Waals surface area contributed by atoms with Gasteiger partial charge >= 0.3 is 5.97 Å². The second kappa shape index (κ2) is 8.61. The third-order valence-electron chi connectivity index (χ3n) is 3.47. The Morgan fingerprint density at radius 2 is 2.00 bits per heavy atom. The second-order valence-electron chi connectivity index (χ2n) is 5.05. The van der Waals surface area contributed by atoms with Crippen LogP contribution in [-0.2, 0) is 4.74 Å². The standard InChI is InChI=1S/C18H18N2O6/c1-4-26-18(21)15-9-13(20(22)23)11-19-16(15)8-6-12-5-7-14(24-2)10-17(12)25-3/h5-11H,4H2,1-3H3/b8-6+. The van der Waals surface area contributed by atoms with Gasteiger partial charge in [0.05, 0.1) is 37.0 Å². The molecule has 1 heterocycles. The SMILES string of the molecule is CCOC(=O)c1cc([N+](=O)[O-])cnc1/C=C/c1ccc(OC)cc1OC. The van der Waals surface area contributed by atoms with E-state index in [-0.39, 0.29) is 23.6 Å². The zero-order valence-corrected chi connectivity index (χ0v) is 14.6. The molecule has 0 fully saturated rings. The van der Waals surface area contributed by atoms with E-state index >= 15 is 0 Å². The molecule has 2 rings (SSSR count). The smallest absolute Gasteiger partial charge is 0.340 e. The summed E-state index contributed by atoms with van der Waals surface area (Å²) in [5, 5.41) is 10.9. The van der Waals surface area contributed by atoms with Gasteiger partial charge in [-0.25, -0.2) is 9.78 Å². The molecule has 0 aliphatic carbocycles. The van der Waals surface area contributed by atoms with Crippen LogP contribution in [0.4, 0.5) is 5.69 Å². The van der Waals surface area contributed by atoms with Crippen LogP contribution < -0.4 is 9.47 Å². The van der Waals surface area contributed by atoms with Crippen molar-refractivity contribution in [3.8, 4) is 11.5 Å². The Balaban J connectivity index is 2.43. The van der Waals surface area contributed by atoms with Gasteiger partial charge in [-0.2, -0.15) is 0 Å². The van der Waals surface area contributed by atoms with Crippen molar-refractivity contribution in [3.63, 3.8) is 0 Å². The monoisotopic (exact) mass is 358 g/mol. The fourth-order valence-electron chi connectivity index (χ4n) is 2.19. The Kier molecular flexibility index (Phi) is 6.26. The summed E-state index contributed by atoms with van der Waals surface area (Å²) in [6, 6.07) is 6.41. The Bertz CT molecular complexity index is 848. The van der Waals surface area contributed by atoms with Crippen molar-refractivity contribution in [2.24, 2.45) is 0 Å². The molecule has 0 atom stereocenters. The number of aromatic nitrogens is 1. The molecule has 0 saturated heterocycles. The highest BCUT2D eigenvalue weighted by atomic mass is 16.6. The summed E-state index contributed by atoms with van der Waals surface area (Å²) in [6.45, 7) is 1.80. The molecule has 0 saturated carbocycles. The fourth-order valence-corrected chi connectivity index (χ4v) is 2.19. The number of hydrogen-bond donors (Lipinski definition) is 0. The molecule has 0 amide bonds. The molecular formula is C18H18N2O6. The molecule has 0 N–H and O–H groups in total. The van der Waals surface area contributed by atoms with Crippen LogP contribution in [-0.4, -0.2) is 36.7 Å². The van der Waals surface area contributed by atoms with Gasteiger partial charge in [0.2, 0.25) is 0 Å². The van der Waals surface area contributed by atoms with Crippen LogP contribution in [0.15, 0.2) is 30.5 Å². The maximum Gasteiger partial charge on any atom is 0.340 e. The lowest BCUT2D eigenvalue weighted by Gasteiger charge is -2.08. The van der Waals surface area contributed by atoms with Gasteiger partial charge in [0.25, 0.3) is 5.69 Å². The van der Waals surface area contributed by atoms with Crippen molar-refractivity contribution in [2.75, 3.05) is 20.8 Å². The van der Waals surface area contributed by atoms with Crippen molar-refractivity contribution in [3.05, 3.63) is 57.4 Å². The van der Waals surface area contributed by atoms with Gasteiger partial charge in [-0.1, -0.05) is 0 Å². The van der Waals surface area contributed by atoms with Gasteiger partial charge in [-0.05, 0) is 31.2 Å². The van der Waals surface area contributed by atoms with Crippen LogP contribution in [0, 0.1) is 10.1 Å². The molecule has 0 radical (unpaired) electrons. The van der Waals surface area contributed by atoms with Crippen LogP contribution in [0.3, 0.4) is 0 Å². The summed E-state index contributed by atoms with van der Waals surface area (Å²) in [6.07, 6.45) is 4.35. The first kappa shape index (κ1) is 18.9. The average molecular weight is 358 g/mol. The van der Waals surface area contributed by atoms with E-state index in [1.165, 1.54) is 7.11 Å². The highest BCUT2D eigenvalue weighted by Gasteiger charge is 2.18. The Hall–Kier alpha value is -3.42. The summed E-state index contributed by atoms with van der Waals surface area (Å²) >= 11 is 0. The number of ether oxygens (including phenoxy) is 3. The van der Waals surface area contributed by atoms with Crippen molar-refractivity contribution in [1.82, 2.24) is 4.98 Å². The highest BCUT2D eigenvalue weighted by molar-refractivity contribution is 5.94. The van der Waals surface area contributed by atoms with Gasteiger partial charge in [-0.15, -0.1) is 0 Å². The number of benzene rings is 1. The minimum absolute atomic E-state index is 0.0183. The third kappa shape index (κ3) is 4.35. The van der Waals surface area contributed by atoms with E-state index in [2.05, 4.69) is 4.98 Å². The minimum Gasteiger partial charge on any atom is -0.497 e. The van der Waals surface area contributed by atoms with Crippen molar-refractivity contribution < 1.29 is 23.9 Å². The van der Waals surface area contributed by atoms with Crippen molar-refractivity contribution in [1.29, 1.82) is 0 Å². The lowest BCUT2D eigenvalue weighted by Crippen LogP contribution is -2.08. The lowest BCUT2D eigenvalue weighted by molar-refractivity contribution is -0.385. The molecule has 8 nitrogen and oxygen atoms in total. The maximum atomic E-state index is 12.1. The van der Waals surface area contributed by atoms with E-state index < -0.39 is 10.9 Å². The number of nitrogens with zero attached hydrogens (tertiary/aromatic N) is 2. The van der Waals surface area contributed by atoms with E-state index in [9.17, 15) is 14.9 Å². The number of hydrogen-bond acceptors (Lipinski definition) is 7. The van der Waals surface area contributed by atoms with E-state index in [1.54, 1.807) is 44.4 Å². The van der Waals surface area contributed by atoms with Gasteiger partial charge < -0.3 is 14.2 Å². The average Bonchev–Trinajstić information content (AvgIpc) is 2.66. The van der Waals surface area contributed by atoms with Gasteiger partial charge in [0.1, 0.15) is 17.7 Å². The number of rotatable bonds is 7. The topological polar surface area (TPSA) is 101 Å². The molecule has 0 aliphatic rings. The number of carbonyl (C=O) groups excluding carboxylic acids is 1. The molecule has 8 heteroatoms. The van der Waals surface area contributed by atoms with E-state index in [0.29, 0.717) is 11.5 Å². The predicted molar refractivity (Wildman–Crippen MR) is 95.3 cm³/mol. The first-order chi connectivity index (χ1) is 12.5. The Morgan fingerprint density at radius 1 is 1.23 bits per heavy atom. The Morgan fingerprint density at radius 3 is 2.62 bits per heavy atom. The van der Waals surface area contributed by atoms with Crippen molar-refractivity contribution >= 4 is 23.8 Å². The number of pyridine rings is 1. The van der Waals surface area contributed by atoms with Crippen LogP contribution in [0.1, 0.15) is 28.5 Å². The lowest BCUT2D eigenvalue weighted by atomic mass is 10.1. The number of carbonyl (C=O) groups is 1. The molecular weight excluding hydrogens is 340 g/mol. The molecule has 1 aromatic heterocycles. The second-order valence-corrected chi connectivity index (χ2v) is 5.05. The first-order valence-corrected chi connectivity index (χ1v) is 7.71. The van der Waals surface area contributed by atoms with Crippen LogP contribution in [0.25, 0.3) is 12.2 Å². The zero-order valence-electron chi connectivity index (χ0n) is 14.6. The summed E-state index contributed by atoms with van der Waals surface area (Å²) in [4.78, 5) is 26.4. The quantitative estimate of drug-likeness (QED) is 0.425. The number of methoxy groups -OCH3 is 2. The van der Waals surface area contributed by atoms with Gasteiger partial charge in [-0.3, -0.25) is 10.1 Å². The predicted octanol–water partition coefficient (Wildman–Crippen LogP) is 3.35. The summed E-state index contributed by atoms with van der Waals surface area (Å²) < 4.78 is 15.4. The molecule has 0 spiro atoms. The summed E-state index contributed by atoms with van der Waals surface area (Å²) in [5.41, 5.74) is 0.715. The molecule has 0 bridgehead atoms. The molecule has 2 aromatic rings. The molecule has 26 heavy (non-hydrogen) atoms. The van der Waals surface area contributed by atoms with Crippen LogP contribution in [0.5, 0.6) is 11.5 Å². The molecule has 0 aliphatic heterocycles. The first-order valence-electron chi connectivity index (χ1n) is 7.71. The van der Waals surface area contributed by atoms with Crippen LogP contribution >= 0.6 is 0 Å². The summed E-state index contributed by atoms with van der Waals surface area (Å²) in [7, 11) is 3.08. The largest absolute Gasteiger partial charge is 0.497 e. The summed E-state index contributed by atoms with van der Waals surface area (Å²) in [5.74, 6) is 0.532. The van der Waals surface area contributed by atoms with Crippen molar-refractivity contribution in [2.45, 2.75) is 6.92 Å². The third-order valence-corrected chi connectivity index (χ3v) is 3.47. The zero-order chi connectivity index (χ0) is 19.1. The van der Waals surface area contributed by atoms with Crippen LogP contribution in [0.2, 0.25) is 0 Å². The minimum atomic E-state index is -0.676. The fraction of sp³-hybridized carbons (Fsp3) is 0.222. The highest BCUT2D eigenvalue weighted by Crippen LogP contribution is 2.27. The van der Waals surface area contributed by atoms with E-state index in [1.807, 2.05) is 0 Å². The van der Waals surface area contributed by atoms with Gasteiger partial charge in [0, 0.05) is 17.7 Å². The number of nitro groups is 1. The Labute approximate surface area is 150 Å².